The van der Waals surface area contributed by atoms with Crippen LogP contribution in [0.2, 0.25) is 0 Å². The van der Waals surface area contributed by atoms with Gasteiger partial charge < -0.3 is 10.1 Å². The molecule has 3 rings (SSSR count). The molecule has 0 saturated heterocycles. The fourth-order valence-electron chi connectivity index (χ4n) is 3.22. The van der Waals surface area contributed by atoms with Gasteiger partial charge in [0.25, 0.3) is 15.9 Å². The summed E-state index contributed by atoms with van der Waals surface area (Å²) in [6, 6.07) is 22.6. The van der Waals surface area contributed by atoms with Crippen LogP contribution in [0.3, 0.4) is 0 Å². The third-order valence-electron chi connectivity index (χ3n) is 5.34. The zero-order valence-electron chi connectivity index (χ0n) is 18.5. The molecule has 0 radical (unpaired) electrons. The molecular formula is C25H28N2O4S. The van der Waals surface area contributed by atoms with E-state index in [1.54, 1.807) is 36.4 Å². The van der Waals surface area contributed by atoms with Crippen LogP contribution >= 0.6 is 0 Å². The van der Waals surface area contributed by atoms with Crippen molar-refractivity contribution in [3.05, 3.63) is 84.4 Å². The maximum atomic E-state index is 12.9. The monoisotopic (exact) mass is 452 g/mol. The average Bonchev–Trinajstić information content (AvgIpc) is 2.82. The van der Waals surface area contributed by atoms with Crippen molar-refractivity contribution in [2.45, 2.75) is 31.1 Å². The molecule has 1 atom stereocenters. The Hall–Kier alpha value is -3.32. The van der Waals surface area contributed by atoms with Crippen LogP contribution in [0, 0.1) is 0 Å². The minimum absolute atomic E-state index is 0.135. The van der Waals surface area contributed by atoms with Crippen molar-refractivity contribution in [3.63, 3.8) is 0 Å². The summed E-state index contributed by atoms with van der Waals surface area (Å²) in [6.07, 6.45) is 0.973. The van der Waals surface area contributed by atoms with E-state index in [4.69, 9.17) is 4.74 Å². The van der Waals surface area contributed by atoms with Crippen molar-refractivity contribution in [1.82, 2.24) is 0 Å². The summed E-state index contributed by atoms with van der Waals surface area (Å²) < 4.78 is 32.7. The first kappa shape index (κ1) is 23.3. The van der Waals surface area contributed by atoms with Gasteiger partial charge in [-0.05, 0) is 60.4 Å². The first-order valence-corrected chi connectivity index (χ1v) is 11.9. The van der Waals surface area contributed by atoms with Gasteiger partial charge in [-0.15, -0.1) is 0 Å². The lowest BCUT2D eigenvalue weighted by atomic mass is 9.98. The molecule has 6 nitrogen and oxygen atoms in total. The number of nitrogens with zero attached hydrogens (tertiary/aromatic N) is 1. The van der Waals surface area contributed by atoms with Gasteiger partial charge in [-0.2, -0.15) is 0 Å². The molecule has 7 heteroatoms. The molecule has 168 valence electrons. The number of benzene rings is 3. The minimum Gasteiger partial charge on any atom is -0.483 e. The summed E-state index contributed by atoms with van der Waals surface area (Å²) in [5.74, 6) is 0.709. The van der Waals surface area contributed by atoms with Crippen molar-refractivity contribution < 1.29 is 17.9 Å². The zero-order valence-corrected chi connectivity index (χ0v) is 19.3. The van der Waals surface area contributed by atoms with Gasteiger partial charge in [0.05, 0.1) is 10.6 Å². The number of nitrogens with one attached hydrogen (secondary N) is 1. The van der Waals surface area contributed by atoms with Gasteiger partial charge in [-0.25, -0.2) is 8.42 Å². The summed E-state index contributed by atoms with van der Waals surface area (Å²) in [7, 11) is -2.19. The molecule has 0 heterocycles. The van der Waals surface area contributed by atoms with E-state index in [9.17, 15) is 13.2 Å². The Balaban J connectivity index is 1.63. The summed E-state index contributed by atoms with van der Waals surface area (Å²) in [6.45, 7) is 4.09. The molecule has 1 N–H and O–H groups in total. The Morgan fingerprint density at radius 3 is 2.25 bits per heavy atom. The fraction of sp³-hybridized carbons (Fsp3) is 0.240. The topological polar surface area (TPSA) is 75.7 Å². The van der Waals surface area contributed by atoms with Crippen molar-refractivity contribution in [1.29, 1.82) is 0 Å². The molecule has 3 aromatic rings. The number of ether oxygens (including phenoxy) is 1. The Morgan fingerprint density at radius 1 is 0.969 bits per heavy atom. The third-order valence-corrected chi connectivity index (χ3v) is 7.14. The molecule has 0 spiro atoms. The summed E-state index contributed by atoms with van der Waals surface area (Å²) in [5, 5.41) is 2.74. The Kier molecular flexibility index (Phi) is 7.53. The highest BCUT2D eigenvalue weighted by Gasteiger charge is 2.21. The highest BCUT2D eigenvalue weighted by atomic mass is 32.2. The van der Waals surface area contributed by atoms with Crippen LogP contribution in [0.25, 0.3) is 0 Å². The smallest absolute Gasteiger partial charge is 0.264 e. The SMILES string of the molecule is CC[C@@H](C)c1ccccc1OCC(=O)Nc1ccc(S(=O)(=O)N(C)c2ccccc2)cc1. The first-order valence-electron chi connectivity index (χ1n) is 10.5. The zero-order chi connectivity index (χ0) is 23.1. The van der Waals surface area contributed by atoms with E-state index in [2.05, 4.69) is 19.2 Å². The van der Waals surface area contributed by atoms with Crippen LogP contribution in [0.5, 0.6) is 5.75 Å². The van der Waals surface area contributed by atoms with Gasteiger partial charge >= 0.3 is 0 Å². The maximum absolute atomic E-state index is 12.9. The maximum Gasteiger partial charge on any atom is 0.264 e. The Labute approximate surface area is 189 Å². The highest BCUT2D eigenvalue weighted by Crippen LogP contribution is 2.28. The number of carbonyl (C=O) groups excluding carboxylic acids is 1. The van der Waals surface area contributed by atoms with Crippen LogP contribution in [0.15, 0.2) is 83.8 Å². The number of para-hydroxylation sites is 2. The lowest BCUT2D eigenvalue weighted by Gasteiger charge is -2.19. The second kappa shape index (κ2) is 10.3. The predicted molar refractivity (Wildman–Crippen MR) is 128 cm³/mol. The molecule has 0 aliphatic rings. The molecular weight excluding hydrogens is 424 g/mol. The first-order chi connectivity index (χ1) is 15.3. The number of hydrogen-bond acceptors (Lipinski definition) is 4. The number of carbonyl (C=O) groups is 1. The van der Waals surface area contributed by atoms with Gasteiger partial charge in [0.1, 0.15) is 5.75 Å². The molecule has 0 fully saturated rings. The summed E-state index contributed by atoms with van der Waals surface area (Å²) in [4.78, 5) is 12.5. The number of sulfonamides is 1. The standard InChI is InChI=1S/C25H28N2O4S/c1-4-19(2)23-12-8-9-13-24(23)31-18-25(28)26-20-14-16-22(17-15-20)32(29,30)27(3)21-10-6-5-7-11-21/h5-17,19H,4,18H2,1-3H3,(H,26,28)/t19-/m1/s1. The van der Waals surface area contributed by atoms with Gasteiger partial charge in [0, 0.05) is 12.7 Å². The molecule has 3 aromatic carbocycles. The van der Waals surface area contributed by atoms with Crippen LogP contribution in [-0.2, 0) is 14.8 Å². The lowest BCUT2D eigenvalue weighted by Crippen LogP contribution is -2.26. The van der Waals surface area contributed by atoms with Gasteiger partial charge in [-0.3, -0.25) is 9.10 Å². The van der Waals surface area contributed by atoms with E-state index >= 15 is 0 Å². The second-order valence-electron chi connectivity index (χ2n) is 7.52. The van der Waals surface area contributed by atoms with Crippen molar-refractivity contribution in [2.24, 2.45) is 0 Å². The Morgan fingerprint density at radius 2 is 1.59 bits per heavy atom. The van der Waals surface area contributed by atoms with Gasteiger partial charge in [-0.1, -0.05) is 50.2 Å². The molecule has 0 aliphatic heterocycles. The number of hydrogen-bond donors (Lipinski definition) is 1. The second-order valence-corrected chi connectivity index (χ2v) is 9.49. The van der Waals surface area contributed by atoms with E-state index in [0.29, 0.717) is 23.0 Å². The van der Waals surface area contributed by atoms with Crippen molar-refractivity contribution >= 4 is 27.3 Å². The van der Waals surface area contributed by atoms with Crippen molar-refractivity contribution in [3.8, 4) is 5.75 Å². The quantitative estimate of drug-likeness (QED) is 0.493. The van der Waals surface area contributed by atoms with E-state index in [1.165, 1.54) is 23.5 Å². The fourth-order valence-corrected chi connectivity index (χ4v) is 4.42. The third kappa shape index (κ3) is 5.48. The molecule has 1 amide bonds. The summed E-state index contributed by atoms with van der Waals surface area (Å²) in [5.41, 5.74) is 2.13. The van der Waals surface area contributed by atoms with Gasteiger partial charge in [0.15, 0.2) is 6.61 Å². The van der Waals surface area contributed by atoms with E-state index in [0.717, 1.165) is 12.0 Å². The van der Waals surface area contributed by atoms with Crippen LogP contribution in [0.4, 0.5) is 11.4 Å². The largest absolute Gasteiger partial charge is 0.483 e. The lowest BCUT2D eigenvalue weighted by molar-refractivity contribution is -0.118. The normalized spacial score (nSPS) is 12.1. The Bertz CT molecular complexity index is 1150. The highest BCUT2D eigenvalue weighted by molar-refractivity contribution is 7.92. The molecule has 32 heavy (non-hydrogen) atoms. The van der Waals surface area contributed by atoms with Crippen LogP contribution in [0.1, 0.15) is 31.7 Å². The molecule has 0 bridgehead atoms. The molecule has 0 aromatic heterocycles. The van der Waals surface area contributed by atoms with Crippen LogP contribution in [-0.4, -0.2) is 28.0 Å². The van der Waals surface area contributed by atoms with Crippen LogP contribution < -0.4 is 14.4 Å². The van der Waals surface area contributed by atoms with Gasteiger partial charge in [0.2, 0.25) is 0 Å². The number of rotatable bonds is 9. The minimum atomic E-state index is -3.70. The predicted octanol–water partition coefficient (Wildman–Crippen LogP) is 5.04. The van der Waals surface area contributed by atoms with E-state index in [-0.39, 0.29) is 17.4 Å². The molecule has 0 saturated carbocycles. The summed E-state index contributed by atoms with van der Waals surface area (Å²) >= 11 is 0. The number of amides is 1. The van der Waals surface area contributed by atoms with E-state index in [1.807, 2.05) is 30.3 Å². The molecule has 0 unspecified atom stereocenters. The molecule has 0 aliphatic carbocycles. The van der Waals surface area contributed by atoms with E-state index < -0.39 is 10.0 Å². The van der Waals surface area contributed by atoms with Crippen molar-refractivity contribution in [2.75, 3.05) is 23.3 Å². The average molecular weight is 453 g/mol. The number of anilines is 2.